The van der Waals surface area contributed by atoms with Crippen LogP contribution in [-0.4, -0.2) is 41.5 Å². The van der Waals surface area contributed by atoms with Crippen LogP contribution in [-0.2, 0) is 11.2 Å². The molecule has 2 heterocycles. The summed E-state index contributed by atoms with van der Waals surface area (Å²) in [5.74, 6) is -1.41. The summed E-state index contributed by atoms with van der Waals surface area (Å²) in [6.45, 7) is 5.92. The summed E-state index contributed by atoms with van der Waals surface area (Å²) in [5, 5.41) is 15.1. The van der Waals surface area contributed by atoms with Gasteiger partial charge in [-0.2, -0.15) is 0 Å². The van der Waals surface area contributed by atoms with Gasteiger partial charge in [0.1, 0.15) is 22.9 Å². The number of aryl methyl sites for hydroxylation is 1. The molecule has 0 radical (unpaired) electrons. The summed E-state index contributed by atoms with van der Waals surface area (Å²) in [5.41, 5.74) is 0.534. The zero-order valence-corrected chi connectivity index (χ0v) is 19.2. The molecule has 0 atom stereocenters. The molecule has 1 aliphatic heterocycles. The van der Waals surface area contributed by atoms with Crippen molar-refractivity contribution in [3.8, 4) is 5.75 Å². The monoisotopic (exact) mass is 459 g/mol. The molecule has 0 aliphatic carbocycles. The van der Waals surface area contributed by atoms with Gasteiger partial charge in [0, 0.05) is 44.0 Å². The van der Waals surface area contributed by atoms with Gasteiger partial charge in [-0.05, 0) is 43.6 Å². The molecule has 3 rings (SSSR count). The maximum Gasteiger partial charge on any atom is 0.226 e. The zero-order valence-electron chi connectivity index (χ0n) is 19.2. The molecular weight excluding hydrogens is 428 g/mol. The Balaban J connectivity index is 1.42. The lowest BCUT2D eigenvalue weighted by Crippen LogP contribution is -2.35. The van der Waals surface area contributed by atoms with Crippen molar-refractivity contribution in [1.82, 2.24) is 9.97 Å². The van der Waals surface area contributed by atoms with Crippen LogP contribution in [0.4, 0.5) is 14.7 Å². The van der Waals surface area contributed by atoms with E-state index in [0.29, 0.717) is 12.5 Å². The van der Waals surface area contributed by atoms with Crippen molar-refractivity contribution in [2.75, 3.05) is 24.6 Å². The minimum Gasteiger partial charge on any atom is -0.493 e. The molecule has 0 unspecified atom stereocenters. The lowest BCUT2D eigenvalue weighted by molar-refractivity contribution is 0.277. The Labute approximate surface area is 193 Å². The van der Waals surface area contributed by atoms with E-state index in [0.717, 1.165) is 68.8 Å². The average molecular weight is 460 g/mol. The van der Waals surface area contributed by atoms with Gasteiger partial charge in [0.15, 0.2) is 5.90 Å². The number of benzene rings is 1. The number of ether oxygens (including phenoxy) is 2. The van der Waals surface area contributed by atoms with Crippen molar-refractivity contribution in [1.29, 1.82) is 10.8 Å². The van der Waals surface area contributed by atoms with Gasteiger partial charge >= 0.3 is 0 Å². The van der Waals surface area contributed by atoms with Gasteiger partial charge in [-0.15, -0.1) is 0 Å². The Morgan fingerprint density at radius 1 is 1.09 bits per heavy atom. The summed E-state index contributed by atoms with van der Waals surface area (Å²) in [7, 11) is 0. The topological polar surface area (TPSA) is 95.2 Å². The average Bonchev–Trinajstić information content (AvgIpc) is 2.82. The van der Waals surface area contributed by atoms with Crippen LogP contribution in [0.2, 0.25) is 0 Å². The van der Waals surface area contributed by atoms with Crippen LogP contribution < -0.4 is 9.64 Å². The second-order valence-corrected chi connectivity index (χ2v) is 8.14. The molecule has 33 heavy (non-hydrogen) atoms. The van der Waals surface area contributed by atoms with Crippen LogP contribution in [0, 0.1) is 28.4 Å². The molecule has 0 amide bonds. The predicted octanol–water partition coefficient (Wildman–Crippen LogP) is 5.12. The van der Waals surface area contributed by atoms with E-state index in [1.807, 2.05) is 12.4 Å². The molecule has 1 aliphatic rings. The van der Waals surface area contributed by atoms with Gasteiger partial charge < -0.3 is 14.4 Å². The van der Waals surface area contributed by atoms with E-state index >= 15 is 0 Å². The van der Waals surface area contributed by atoms with Crippen LogP contribution in [0.1, 0.15) is 57.1 Å². The van der Waals surface area contributed by atoms with E-state index in [-0.39, 0.29) is 18.1 Å². The second kappa shape index (κ2) is 11.7. The van der Waals surface area contributed by atoms with Crippen LogP contribution in [0.5, 0.6) is 5.75 Å². The first-order valence-corrected chi connectivity index (χ1v) is 11.4. The number of piperidine rings is 1. The fourth-order valence-corrected chi connectivity index (χ4v) is 3.77. The van der Waals surface area contributed by atoms with Crippen LogP contribution in [0.25, 0.3) is 0 Å². The molecule has 0 saturated carbocycles. The molecule has 7 nitrogen and oxygen atoms in total. The molecule has 2 aromatic rings. The number of halogens is 2. The summed E-state index contributed by atoms with van der Waals surface area (Å²) in [6.07, 6.45) is 8.78. The van der Waals surface area contributed by atoms with E-state index in [2.05, 4.69) is 21.8 Å². The Hall–Kier alpha value is -3.10. The maximum atomic E-state index is 14.3. The molecule has 2 N–H and O–H groups in total. The summed E-state index contributed by atoms with van der Waals surface area (Å²) < 4.78 is 39.0. The molecule has 1 aromatic carbocycles. The molecule has 1 aromatic heterocycles. The highest BCUT2D eigenvalue weighted by atomic mass is 19.1. The second-order valence-electron chi connectivity index (χ2n) is 8.14. The number of nitrogens with zero attached hydrogens (tertiary/aromatic N) is 3. The van der Waals surface area contributed by atoms with Crippen molar-refractivity contribution < 1.29 is 18.3 Å². The third-order valence-electron chi connectivity index (χ3n) is 5.81. The van der Waals surface area contributed by atoms with Crippen molar-refractivity contribution >= 4 is 17.7 Å². The Morgan fingerprint density at radius 3 is 2.30 bits per heavy atom. The largest absolute Gasteiger partial charge is 0.493 e. The minimum absolute atomic E-state index is 0.0783. The quantitative estimate of drug-likeness (QED) is 0.308. The van der Waals surface area contributed by atoms with E-state index < -0.39 is 23.1 Å². The fourth-order valence-electron chi connectivity index (χ4n) is 3.77. The highest BCUT2D eigenvalue weighted by molar-refractivity contribution is 5.99. The van der Waals surface area contributed by atoms with E-state index in [1.54, 1.807) is 6.92 Å². The Morgan fingerprint density at radius 2 is 1.73 bits per heavy atom. The molecule has 0 spiro atoms. The van der Waals surface area contributed by atoms with Gasteiger partial charge in [-0.25, -0.2) is 18.7 Å². The number of hydrogen-bond donors (Lipinski definition) is 2. The standard InChI is InChI=1S/C24H31F2N5O2/c1-3-16-14-29-24(30-15-16)31-9-7-17(8-10-31)6-5-11-32-18-12-19(25)22(20(26)13-18)23(28)33-21(27)4-2/h12-15,17,27-28H,3-11H2,1-2H3. The number of anilines is 1. The van der Waals surface area contributed by atoms with Gasteiger partial charge in [-0.3, -0.25) is 10.8 Å². The molecule has 178 valence electrons. The molecule has 1 saturated heterocycles. The first-order chi connectivity index (χ1) is 15.9. The fraction of sp³-hybridized carbons (Fsp3) is 0.500. The third-order valence-corrected chi connectivity index (χ3v) is 5.81. The zero-order chi connectivity index (χ0) is 23.8. The van der Waals surface area contributed by atoms with Crippen LogP contribution in [0.3, 0.4) is 0 Å². The number of nitrogens with one attached hydrogen (secondary N) is 2. The van der Waals surface area contributed by atoms with Gasteiger partial charge in [0.2, 0.25) is 11.8 Å². The summed E-state index contributed by atoms with van der Waals surface area (Å²) in [4.78, 5) is 11.1. The highest BCUT2D eigenvalue weighted by Crippen LogP contribution is 2.25. The third kappa shape index (κ3) is 6.69. The SMILES string of the molecule is CCC(=N)OC(=N)c1c(F)cc(OCCCC2CCN(c3ncc(CC)cn3)CC2)cc1F. The summed E-state index contributed by atoms with van der Waals surface area (Å²) >= 11 is 0. The molecular formula is C24H31F2N5O2. The van der Waals surface area contributed by atoms with Crippen molar-refractivity contribution in [3.05, 3.63) is 47.3 Å². The molecule has 9 heteroatoms. The normalized spacial score (nSPS) is 14.2. The van der Waals surface area contributed by atoms with Crippen molar-refractivity contribution in [2.45, 2.75) is 52.4 Å². The van der Waals surface area contributed by atoms with Gasteiger partial charge in [0.05, 0.1) is 6.61 Å². The molecule has 0 bridgehead atoms. The van der Waals surface area contributed by atoms with E-state index in [1.165, 1.54) is 0 Å². The van der Waals surface area contributed by atoms with Gasteiger partial charge in [0.25, 0.3) is 0 Å². The first-order valence-electron chi connectivity index (χ1n) is 11.4. The number of rotatable bonds is 9. The number of aromatic nitrogens is 2. The highest BCUT2D eigenvalue weighted by Gasteiger charge is 2.21. The lowest BCUT2D eigenvalue weighted by Gasteiger charge is -2.32. The smallest absolute Gasteiger partial charge is 0.226 e. The predicted molar refractivity (Wildman–Crippen MR) is 123 cm³/mol. The minimum atomic E-state index is -0.944. The van der Waals surface area contributed by atoms with Crippen molar-refractivity contribution in [2.24, 2.45) is 5.92 Å². The van der Waals surface area contributed by atoms with E-state index in [4.69, 9.17) is 20.3 Å². The number of hydrogen-bond acceptors (Lipinski definition) is 7. The van der Waals surface area contributed by atoms with Gasteiger partial charge in [-0.1, -0.05) is 13.8 Å². The summed E-state index contributed by atoms with van der Waals surface area (Å²) in [6, 6.07) is 2.10. The lowest BCUT2D eigenvalue weighted by atomic mass is 9.92. The van der Waals surface area contributed by atoms with E-state index in [9.17, 15) is 8.78 Å². The van der Waals surface area contributed by atoms with Crippen LogP contribution in [0.15, 0.2) is 24.5 Å². The Kier molecular flexibility index (Phi) is 8.68. The maximum absolute atomic E-state index is 14.3. The Bertz CT molecular complexity index is 937. The molecule has 1 fully saturated rings. The first kappa shape index (κ1) is 24.5. The van der Waals surface area contributed by atoms with Crippen molar-refractivity contribution in [3.63, 3.8) is 0 Å². The van der Waals surface area contributed by atoms with Crippen LogP contribution >= 0.6 is 0 Å².